The molecule has 0 unspecified atom stereocenters. The number of rotatable bonds is 4. The molecule has 0 aromatic heterocycles. The maximum atomic E-state index is 12.5. The van der Waals surface area contributed by atoms with Gasteiger partial charge in [0.15, 0.2) is 9.84 Å². The Hall–Kier alpha value is -2.14. The van der Waals surface area contributed by atoms with Crippen LogP contribution < -0.4 is 0 Å². The molecule has 0 spiro atoms. The maximum absolute atomic E-state index is 12.5. The third-order valence-electron chi connectivity index (χ3n) is 3.09. The van der Waals surface area contributed by atoms with Crippen LogP contribution in [0.2, 0.25) is 0 Å². The van der Waals surface area contributed by atoms with Crippen LogP contribution in [0, 0.1) is 13.8 Å². The van der Waals surface area contributed by atoms with Gasteiger partial charge in [0.2, 0.25) is 0 Å². The molecule has 0 aliphatic rings. The quantitative estimate of drug-likeness (QED) is 0.942. The van der Waals surface area contributed by atoms with Crippen LogP contribution >= 0.6 is 0 Å². The minimum Gasteiger partial charge on any atom is -0.478 e. The Morgan fingerprint density at radius 1 is 1.05 bits per heavy atom. The van der Waals surface area contributed by atoms with Gasteiger partial charge in [-0.25, -0.2) is 13.2 Å². The van der Waals surface area contributed by atoms with Gasteiger partial charge in [-0.3, -0.25) is 0 Å². The molecule has 5 heteroatoms. The number of benzene rings is 2. The number of aromatic carboxylic acids is 1. The van der Waals surface area contributed by atoms with Gasteiger partial charge in [-0.05, 0) is 31.5 Å². The van der Waals surface area contributed by atoms with E-state index in [1.165, 1.54) is 24.3 Å². The lowest BCUT2D eigenvalue weighted by atomic mass is 10.1. The minimum absolute atomic E-state index is 0.142. The summed E-state index contributed by atoms with van der Waals surface area (Å²) in [4.78, 5) is 11.0. The van der Waals surface area contributed by atoms with Gasteiger partial charge in [0.05, 0.1) is 16.2 Å². The predicted molar refractivity (Wildman–Crippen MR) is 80.2 cm³/mol. The molecule has 0 aliphatic carbocycles. The lowest BCUT2D eigenvalue weighted by Gasteiger charge is -2.09. The summed E-state index contributed by atoms with van der Waals surface area (Å²) in [6, 6.07) is 11.2. The fourth-order valence-corrected chi connectivity index (χ4v) is 3.90. The number of carboxylic acids is 1. The second-order valence-electron chi connectivity index (χ2n) is 5.06. The fourth-order valence-electron chi connectivity index (χ4n) is 2.36. The molecule has 0 saturated heterocycles. The zero-order valence-electron chi connectivity index (χ0n) is 11.8. The molecule has 4 nitrogen and oxygen atoms in total. The summed E-state index contributed by atoms with van der Waals surface area (Å²) >= 11 is 0. The maximum Gasteiger partial charge on any atom is 0.337 e. The van der Waals surface area contributed by atoms with Gasteiger partial charge in [-0.1, -0.05) is 41.5 Å². The molecule has 0 saturated carbocycles. The summed E-state index contributed by atoms with van der Waals surface area (Å²) in [6.07, 6.45) is 0. The zero-order valence-corrected chi connectivity index (χ0v) is 12.6. The van der Waals surface area contributed by atoms with Gasteiger partial charge in [0.25, 0.3) is 0 Å². The molecule has 0 heterocycles. The van der Waals surface area contributed by atoms with Gasteiger partial charge in [0, 0.05) is 0 Å². The first-order valence-electron chi connectivity index (χ1n) is 6.42. The second kappa shape index (κ2) is 5.69. The highest BCUT2D eigenvalue weighted by atomic mass is 32.2. The van der Waals surface area contributed by atoms with E-state index in [1.54, 1.807) is 12.1 Å². The zero-order chi connectivity index (χ0) is 15.6. The Bertz CT molecular complexity index is 771. The summed E-state index contributed by atoms with van der Waals surface area (Å²) in [7, 11) is -3.70. The predicted octanol–water partition coefficient (Wildman–Crippen LogP) is 2.98. The van der Waals surface area contributed by atoms with E-state index in [-0.39, 0.29) is 16.2 Å². The van der Waals surface area contributed by atoms with Gasteiger partial charge in [0.1, 0.15) is 0 Å². The highest BCUT2D eigenvalue weighted by molar-refractivity contribution is 7.90. The number of hydrogen-bond donors (Lipinski definition) is 1. The first kappa shape index (κ1) is 15.3. The van der Waals surface area contributed by atoms with Crippen LogP contribution in [0.5, 0.6) is 0 Å². The van der Waals surface area contributed by atoms with Crippen molar-refractivity contribution in [2.45, 2.75) is 24.5 Å². The van der Waals surface area contributed by atoms with Gasteiger partial charge in [-0.15, -0.1) is 0 Å². The third-order valence-corrected chi connectivity index (χ3v) is 4.83. The number of carboxylic acid groups (broad SMARTS) is 1. The molecular weight excluding hydrogens is 288 g/mol. The first-order valence-corrected chi connectivity index (χ1v) is 8.07. The van der Waals surface area contributed by atoms with E-state index in [0.29, 0.717) is 5.56 Å². The van der Waals surface area contributed by atoms with Crippen molar-refractivity contribution in [3.8, 4) is 0 Å². The van der Waals surface area contributed by atoms with E-state index in [4.69, 9.17) is 5.11 Å². The number of sulfone groups is 1. The van der Waals surface area contributed by atoms with E-state index in [2.05, 4.69) is 0 Å². The second-order valence-corrected chi connectivity index (χ2v) is 7.01. The molecule has 2 aromatic carbocycles. The lowest BCUT2D eigenvalue weighted by molar-refractivity contribution is 0.0692. The molecule has 1 N–H and O–H groups in total. The monoisotopic (exact) mass is 304 g/mol. The van der Waals surface area contributed by atoms with Crippen molar-refractivity contribution in [1.29, 1.82) is 0 Å². The summed E-state index contributed by atoms with van der Waals surface area (Å²) in [5, 5.41) is 9.12. The molecule has 21 heavy (non-hydrogen) atoms. The van der Waals surface area contributed by atoms with Crippen molar-refractivity contribution in [3.63, 3.8) is 0 Å². The van der Waals surface area contributed by atoms with Crippen LogP contribution in [0.25, 0.3) is 0 Å². The Balaban J connectivity index is 2.46. The van der Waals surface area contributed by atoms with Crippen LogP contribution in [0.4, 0.5) is 0 Å². The molecule has 0 aliphatic heterocycles. The molecule has 0 radical (unpaired) electrons. The van der Waals surface area contributed by atoms with Crippen molar-refractivity contribution in [1.82, 2.24) is 0 Å². The Morgan fingerprint density at radius 2 is 1.62 bits per heavy atom. The molecule has 110 valence electrons. The van der Waals surface area contributed by atoms with Crippen molar-refractivity contribution in [2.24, 2.45) is 0 Å². The smallest absolute Gasteiger partial charge is 0.337 e. The van der Waals surface area contributed by atoms with Crippen LogP contribution in [-0.4, -0.2) is 19.5 Å². The average molecular weight is 304 g/mol. The largest absolute Gasteiger partial charge is 0.478 e. The van der Waals surface area contributed by atoms with Crippen LogP contribution in [0.1, 0.15) is 27.0 Å². The summed E-state index contributed by atoms with van der Waals surface area (Å²) in [6.45, 7) is 3.79. The van der Waals surface area contributed by atoms with E-state index in [0.717, 1.165) is 11.1 Å². The number of hydrogen-bond acceptors (Lipinski definition) is 3. The molecule has 2 rings (SSSR count). The Labute approximate surface area is 124 Å². The number of carbonyl (C=O) groups is 1. The molecule has 2 aromatic rings. The third kappa shape index (κ3) is 3.49. The normalized spacial score (nSPS) is 11.3. The van der Waals surface area contributed by atoms with Crippen molar-refractivity contribution >= 4 is 15.8 Å². The Morgan fingerprint density at radius 3 is 2.19 bits per heavy atom. The molecule has 0 atom stereocenters. The molecule has 0 fully saturated rings. The van der Waals surface area contributed by atoms with Crippen LogP contribution in [-0.2, 0) is 15.6 Å². The first-order chi connectivity index (χ1) is 9.79. The fraction of sp³-hybridized carbons (Fsp3) is 0.188. The summed E-state index contributed by atoms with van der Waals surface area (Å²) in [5.41, 5.74) is 2.42. The highest BCUT2D eigenvalue weighted by Gasteiger charge is 2.22. The van der Waals surface area contributed by atoms with E-state index >= 15 is 0 Å². The van der Waals surface area contributed by atoms with E-state index in [1.807, 2.05) is 19.9 Å². The molecule has 0 bridgehead atoms. The molecular formula is C16H16O4S. The summed E-state index contributed by atoms with van der Waals surface area (Å²) < 4.78 is 25.0. The van der Waals surface area contributed by atoms with Gasteiger partial charge < -0.3 is 5.11 Å². The van der Waals surface area contributed by atoms with Crippen LogP contribution in [0.3, 0.4) is 0 Å². The van der Waals surface area contributed by atoms with Gasteiger partial charge in [-0.2, -0.15) is 0 Å². The Kier molecular flexibility index (Phi) is 4.14. The van der Waals surface area contributed by atoms with Crippen molar-refractivity contribution in [3.05, 3.63) is 64.7 Å². The van der Waals surface area contributed by atoms with Crippen molar-refractivity contribution < 1.29 is 18.3 Å². The highest BCUT2D eigenvalue weighted by Crippen LogP contribution is 2.21. The minimum atomic E-state index is -3.70. The standard InChI is InChI=1S/C16H16O4S/c1-11-7-12(2)9-13(8-11)10-21(19,20)15-6-4-3-5-14(15)16(17)18/h3-9H,10H2,1-2H3,(H,17,18). The average Bonchev–Trinajstić information content (AvgIpc) is 2.36. The lowest BCUT2D eigenvalue weighted by Crippen LogP contribution is -2.11. The SMILES string of the molecule is Cc1cc(C)cc(CS(=O)(=O)c2ccccc2C(=O)O)c1. The number of aryl methyl sites for hydroxylation is 2. The van der Waals surface area contributed by atoms with Crippen LogP contribution in [0.15, 0.2) is 47.4 Å². The van der Waals surface area contributed by atoms with E-state index < -0.39 is 15.8 Å². The van der Waals surface area contributed by atoms with Crippen molar-refractivity contribution in [2.75, 3.05) is 0 Å². The summed E-state index contributed by atoms with van der Waals surface area (Å²) in [5.74, 6) is -1.45. The molecule has 0 amide bonds. The topological polar surface area (TPSA) is 71.4 Å². The van der Waals surface area contributed by atoms with E-state index in [9.17, 15) is 13.2 Å². The van der Waals surface area contributed by atoms with Gasteiger partial charge >= 0.3 is 5.97 Å².